The number of carbonyl (C=O) groups excluding carboxylic acids is 1. The van der Waals surface area contributed by atoms with Crippen molar-refractivity contribution in [2.24, 2.45) is 0 Å². The van der Waals surface area contributed by atoms with Crippen LogP contribution < -0.4 is 0 Å². The summed E-state index contributed by atoms with van der Waals surface area (Å²) < 4.78 is 10.2. The van der Waals surface area contributed by atoms with Gasteiger partial charge in [0, 0.05) is 0 Å². The van der Waals surface area contributed by atoms with Crippen molar-refractivity contribution in [3.8, 4) is 0 Å². The molecule has 1 aromatic rings. The lowest BCUT2D eigenvalue weighted by atomic mass is 10.1. The number of likely N-dealkylation sites (tertiary alicyclic amines) is 1. The van der Waals surface area contributed by atoms with Crippen molar-refractivity contribution in [1.29, 1.82) is 0 Å². The minimum Gasteiger partial charge on any atom is -0.468 e. The van der Waals surface area contributed by atoms with Gasteiger partial charge < -0.3 is 9.15 Å². The highest BCUT2D eigenvalue weighted by Crippen LogP contribution is 2.30. The first-order valence-corrected chi connectivity index (χ1v) is 6.15. The van der Waals surface area contributed by atoms with Crippen molar-refractivity contribution in [2.75, 3.05) is 20.2 Å². The van der Waals surface area contributed by atoms with Crippen LogP contribution in [0.5, 0.6) is 0 Å². The molecule has 0 amide bonds. The molecule has 4 heteroatoms. The molecule has 0 aliphatic carbocycles. The van der Waals surface area contributed by atoms with Gasteiger partial charge >= 0.3 is 5.97 Å². The van der Waals surface area contributed by atoms with Crippen LogP contribution in [-0.2, 0) is 9.53 Å². The summed E-state index contributed by atoms with van der Waals surface area (Å²) in [6.45, 7) is 1.28. The van der Waals surface area contributed by atoms with E-state index in [1.54, 1.807) is 6.26 Å². The Kier molecular flexibility index (Phi) is 4.20. The van der Waals surface area contributed by atoms with Gasteiger partial charge in [-0.1, -0.05) is 12.8 Å². The quantitative estimate of drug-likeness (QED) is 0.757. The number of ether oxygens (including phenoxy) is 1. The third-order valence-corrected chi connectivity index (χ3v) is 3.30. The van der Waals surface area contributed by atoms with E-state index in [0.717, 1.165) is 25.1 Å². The van der Waals surface area contributed by atoms with Gasteiger partial charge in [-0.15, -0.1) is 0 Å². The van der Waals surface area contributed by atoms with Crippen molar-refractivity contribution >= 4 is 5.97 Å². The highest BCUT2D eigenvalue weighted by atomic mass is 16.5. The van der Waals surface area contributed by atoms with Crippen molar-refractivity contribution in [3.63, 3.8) is 0 Å². The van der Waals surface area contributed by atoms with Crippen molar-refractivity contribution in [3.05, 3.63) is 24.2 Å². The molecule has 1 fully saturated rings. The normalized spacial score (nSPS) is 22.1. The number of furan rings is 1. The zero-order valence-electron chi connectivity index (χ0n) is 10.2. The zero-order valence-corrected chi connectivity index (χ0v) is 10.2. The average molecular weight is 237 g/mol. The number of methoxy groups -OCH3 is 1. The van der Waals surface area contributed by atoms with Gasteiger partial charge in [-0.2, -0.15) is 0 Å². The molecule has 0 bridgehead atoms. The topological polar surface area (TPSA) is 42.7 Å². The molecule has 0 spiro atoms. The number of carbonyl (C=O) groups is 1. The molecule has 1 saturated heterocycles. The van der Waals surface area contributed by atoms with Crippen molar-refractivity contribution in [1.82, 2.24) is 4.90 Å². The maximum atomic E-state index is 11.4. The number of hydrogen-bond acceptors (Lipinski definition) is 4. The lowest BCUT2D eigenvalue weighted by Gasteiger charge is -2.27. The molecule has 4 nitrogen and oxygen atoms in total. The van der Waals surface area contributed by atoms with Gasteiger partial charge in [0.15, 0.2) is 0 Å². The van der Waals surface area contributed by atoms with E-state index in [0.29, 0.717) is 6.54 Å². The molecule has 0 unspecified atom stereocenters. The summed E-state index contributed by atoms with van der Waals surface area (Å²) in [6, 6.07) is 4.10. The van der Waals surface area contributed by atoms with Gasteiger partial charge in [-0.3, -0.25) is 9.69 Å². The van der Waals surface area contributed by atoms with E-state index in [9.17, 15) is 4.79 Å². The summed E-state index contributed by atoms with van der Waals surface area (Å²) in [4.78, 5) is 13.6. The first kappa shape index (κ1) is 12.2. The van der Waals surface area contributed by atoms with Crippen LogP contribution in [0.15, 0.2) is 22.8 Å². The standard InChI is InChI=1S/C13H19NO3/c1-16-13(15)10-14-8-4-2-3-6-11(14)12-7-5-9-17-12/h5,7,9,11H,2-4,6,8,10H2,1H3/t11-/m1/s1. The summed E-state index contributed by atoms with van der Waals surface area (Å²) in [5, 5.41) is 0. The maximum Gasteiger partial charge on any atom is 0.319 e. The molecule has 0 saturated carbocycles. The number of esters is 1. The molecule has 94 valence electrons. The monoisotopic (exact) mass is 237 g/mol. The van der Waals surface area contributed by atoms with Gasteiger partial charge in [-0.25, -0.2) is 0 Å². The second-order valence-electron chi connectivity index (χ2n) is 4.43. The van der Waals surface area contributed by atoms with E-state index in [-0.39, 0.29) is 12.0 Å². The first-order chi connectivity index (χ1) is 8.31. The molecule has 2 rings (SSSR count). The minimum atomic E-state index is -0.177. The highest BCUT2D eigenvalue weighted by Gasteiger charge is 2.26. The van der Waals surface area contributed by atoms with Gasteiger partial charge in [0.05, 0.1) is 26.0 Å². The maximum absolute atomic E-state index is 11.4. The second kappa shape index (κ2) is 5.87. The predicted molar refractivity (Wildman–Crippen MR) is 63.5 cm³/mol. The van der Waals surface area contributed by atoms with Crippen LogP contribution in [0.4, 0.5) is 0 Å². The lowest BCUT2D eigenvalue weighted by Crippen LogP contribution is -2.34. The Morgan fingerprint density at radius 2 is 2.41 bits per heavy atom. The largest absolute Gasteiger partial charge is 0.468 e. The van der Waals surface area contributed by atoms with Crippen LogP contribution in [0, 0.1) is 0 Å². The predicted octanol–water partition coefficient (Wildman–Crippen LogP) is 2.37. The molecule has 0 radical (unpaired) electrons. The molecule has 1 aliphatic heterocycles. The van der Waals surface area contributed by atoms with Gasteiger partial charge in [0.25, 0.3) is 0 Å². The Labute approximate surface area is 102 Å². The fraction of sp³-hybridized carbons (Fsp3) is 0.615. The van der Waals surface area contributed by atoms with Gasteiger partial charge in [-0.05, 0) is 31.5 Å². The summed E-state index contributed by atoms with van der Waals surface area (Å²) in [5.74, 6) is 0.777. The number of nitrogens with zero attached hydrogens (tertiary/aromatic N) is 1. The van der Waals surface area contributed by atoms with E-state index in [1.165, 1.54) is 20.0 Å². The summed E-state index contributed by atoms with van der Waals surface area (Å²) in [7, 11) is 1.43. The van der Waals surface area contributed by atoms with Crippen LogP contribution >= 0.6 is 0 Å². The van der Waals surface area contributed by atoms with Crippen LogP contribution in [-0.4, -0.2) is 31.1 Å². The summed E-state index contributed by atoms with van der Waals surface area (Å²) in [6.07, 6.45) is 6.27. The average Bonchev–Trinajstić information content (AvgIpc) is 2.77. The Morgan fingerprint density at radius 1 is 1.53 bits per heavy atom. The van der Waals surface area contributed by atoms with Crippen LogP contribution in [0.1, 0.15) is 37.5 Å². The molecule has 0 N–H and O–H groups in total. The van der Waals surface area contributed by atoms with E-state index in [1.807, 2.05) is 12.1 Å². The SMILES string of the molecule is COC(=O)CN1CCCCC[C@@H]1c1ccco1. The molecule has 0 aromatic carbocycles. The molecule has 1 atom stereocenters. The lowest BCUT2D eigenvalue weighted by molar-refractivity contribution is -0.142. The third-order valence-electron chi connectivity index (χ3n) is 3.30. The minimum absolute atomic E-state index is 0.177. The van der Waals surface area contributed by atoms with Crippen LogP contribution in [0.3, 0.4) is 0 Å². The smallest absolute Gasteiger partial charge is 0.319 e. The van der Waals surface area contributed by atoms with Gasteiger partial charge in [0.2, 0.25) is 0 Å². The molecule has 17 heavy (non-hydrogen) atoms. The first-order valence-electron chi connectivity index (χ1n) is 6.15. The Hall–Kier alpha value is -1.29. The van der Waals surface area contributed by atoms with Crippen molar-refractivity contribution < 1.29 is 13.9 Å². The number of rotatable bonds is 3. The van der Waals surface area contributed by atoms with E-state index >= 15 is 0 Å². The van der Waals surface area contributed by atoms with E-state index in [2.05, 4.69) is 4.90 Å². The Morgan fingerprint density at radius 3 is 3.12 bits per heavy atom. The zero-order chi connectivity index (χ0) is 12.1. The van der Waals surface area contributed by atoms with Gasteiger partial charge in [0.1, 0.15) is 5.76 Å². The fourth-order valence-electron chi connectivity index (χ4n) is 2.39. The number of hydrogen-bond donors (Lipinski definition) is 0. The second-order valence-corrected chi connectivity index (χ2v) is 4.43. The summed E-state index contributed by atoms with van der Waals surface area (Å²) in [5.41, 5.74) is 0. The third kappa shape index (κ3) is 3.09. The molecular weight excluding hydrogens is 218 g/mol. The van der Waals surface area contributed by atoms with Crippen LogP contribution in [0.2, 0.25) is 0 Å². The molecular formula is C13H19NO3. The molecule has 2 heterocycles. The highest BCUT2D eigenvalue weighted by molar-refractivity contribution is 5.71. The van der Waals surface area contributed by atoms with E-state index < -0.39 is 0 Å². The Balaban J connectivity index is 2.10. The molecule has 1 aliphatic rings. The summed E-state index contributed by atoms with van der Waals surface area (Å²) >= 11 is 0. The Bertz CT molecular complexity index is 348. The fourth-order valence-corrected chi connectivity index (χ4v) is 2.39. The van der Waals surface area contributed by atoms with E-state index in [4.69, 9.17) is 9.15 Å². The van der Waals surface area contributed by atoms with Crippen molar-refractivity contribution in [2.45, 2.75) is 31.7 Å². The molecule has 1 aromatic heterocycles. The van der Waals surface area contributed by atoms with Crippen LogP contribution in [0.25, 0.3) is 0 Å².